The van der Waals surface area contributed by atoms with Crippen LogP contribution in [0.25, 0.3) is 28.5 Å². The molecule has 0 N–H and O–H groups in total. The Morgan fingerprint density at radius 3 is 2.65 bits per heavy atom. The van der Waals surface area contributed by atoms with Gasteiger partial charge in [0.25, 0.3) is 0 Å². The summed E-state index contributed by atoms with van der Waals surface area (Å²) in [6.45, 7) is 2.07. The molecule has 0 aliphatic heterocycles. The van der Waals surface area contributed by atoms with Crippen molar-refractivity contribution in [2.24, 2.45) is 0 Å². The molecular formula is C18H14N4S. The first kappa shape index (κ1) is 13.8. The van der Waals surface area contributed by atoms with E-state index in [0.717, 1.165) is 26.9 Å². The lowest BCUT2D eigenvalue weighted by Gasteiger charge is -1.98. The third kappa shape index (κ3) is 2.78. The van der Waals surface area contributed by atoms with Gasteiger partial charge < -0.3 is 0 Å². The van der Waals surface area contributed by atoms with Crippen LogP contribution in [0.15, 0.2) is 54.6 Å². The van der Waals surface area contributed by atoms with E-state index in [9.17, 15) is 0 Å². The highest BCUT2D eigenvalue weighted by atomic mass is 32.1. The van der Waals surface area contributed by atoms with E-state index in [1.54, 1.807) is 0 Å². The number of hydrogen-bond acceptors (Lipinski definition) is 4. The maximum absolute atomic E-state index is 4.62. The van der Waals surface area contributed by atoms with E-state index in [1.807, 2.05) is 40.9 Å². The van der Waals surface area contributed by atoms with E-state index in [-0.39, 0.29) is 0 Å². The molecule has 0 radical (unpaired) electrons. The molecule has 2 aromatic carbocycles. The molecule has 4 rings (SSSR count). The highest BCUT2D eigenvalue weighted by molar-refractivity contribution is 7.17. The molecular weight excluding hydrogens is 304 g/mol. The number of hydrogen-bond donors (Lipinski definition) is 0. The van der Waals surface area contributed by atoms with Crippen LogP contribution in [-0.4, -0.2) is 19.8 Å². The summed E-state index contributed by atoms with van der Waals surface area (Å²) in [5.74, 6) is 0.777. The number of benzene rings is 2. The molecule has 112 valence electrons. The van der Waals surface area contributed by atoms with Gasteiger partial charge in [0, 0.05) is 5.56 Å². The van der Waals surface area contributed by atoms with Crippen LogP contribution in [-0.2, 0) is 0 Å². The molecule has 0 unspecified atom stereocenters. The van der Waals surface area contributed by atoms with Crippen molar-refractivity contribution < 1.29 is 0 Å². The molecule has 5 heteroatoms. The third-order valence-corrected chi connectivity index (χ3v) is 4.36. The third-order valence-electron chi connectivity index (χ3n) is 3.50. The second kappa shape index (κ2) is 5.78. The van der Waals surface area contributed by atoms with Crippen molar-refractivity contribution in [2.75, 3.05) is 0 Å². The Labute approximate surface area is 137 Å². The summed E-state index contributed by atoms with van der Waals surface area (Å²) in [7, 11) is 0. The Kier molecular flexibility index (Phi) is 3.48. The summed E-state index contributed by atoms with van der Waals surface area (Å²) in [5, 5.41) is 14.0. The maximum atomic E-state index is 4.62. The molecule has 0 aliphatic rings. The van der Waals surface area contributed by atoms with Crippen molar-refractivity contribution in [1.29, 1.82) is 0 Å². The standard InChI is InChI=1S/C18H14N4S/c1-13-6-5-9-15(12-13)17-19-20-18-22(17)21-16(23-18)11-10-14-7-3-2-4-8-14/h2-12H,1H3. The molecule has 0 atom stereocenters. The highest BCUT2D eigenvalue weighted by Gasteiger charge is 2.12. The molecule has 4 nitrogen and oxygen atoms in total. The van der Waals surface area contributed by atoms with Crippen molar-refractivity contribution >= 4 is 28.4 Å². The zero-order chi connectivity index (χ0) is 15.6. The summed E-state index contributed by atoms with van der Waals surface area (Å²) in [4.78, 5) is 0.800. The summed E-state index contributed by atoms with van der Waals surface area (Å²) in [6, 6.07) is 18.4. The second-order valence-corrected chi connectivity index (χ2v) is 6.26. The van der Waals surface area contributed by atoms with Crippen LogP contribution < -0.4 is 0 Å². The normalized spacial score (nSPS) is 11.5. The van der Waals surface area contributed by atoms with Crippen molar-refractivity contribution in [3.8, 4) is 11.4 Å². The zero-order valence-corrected chi connectivity index (χ0v) is 13.4. The average Bonchev–Trinajstić information content (AvgIpc) is 3.14. The van der Waals surface area contributed by atoms with E-state index >= 15 is 0 Å². The van der Waals surface area contributed by atoms with Crippen molar-refractivity contribution in [3.63, 3.8) is 0 Å². The molecule has 0 amide bonds. The fraction of sp³-hybridized carbons (Fsp3) is 0.0556. The van der Waals surface area contributed by atoms with Crippen LogP contribution >= 0.6 is 11.3 Å². The summed E-state index contributed by atoms with van der Waals surface area (Å²) < 4.78 is 1.81. The molecule has 2 heterocycles. The summed E-state index contributed by atoms with van der Waals surface area (Å²) in [5.41, 5.74) is 3.37. The number of nitrogens with zero attached hydrogens (tertiary/aromatic N) is 4. The maximum Gasteiger partial charge on any atom is 0.235 e. The Bertz CT molecular complexity index is 983. The molecule has 0 saturated heterocycles. The molecule has 0 fully saturated rings. The average molecular weight is 318 g/mol. The topological polar surface area (TPSA) is 43.1 Å². The molecule has 23 heavy (non-hydrogen) atoms. The smallest absolute Gasteiger partial charge is 0.182 e. The van der Waals surface area contributed by atoms with Gasteiger partial charge in [-0.1, -0.05) is 71.5 Å². The van der Waals surface area contributed by atoms with Gasteiger partial charge in [0.05, 0.1) is 0 Å². The lowest BCUT2D eigenvalue weighted by Crippen LogP contribution is -1.91. The minimum absolute atomic E-state index is 0.777. The Morgan fingerprint density at radius 1 is 0.957 bits per heavy atom. The summed E-state index contributed by atoms with van der Waals surface area (Å²) in [6.07, 6.45) is 4.06. The van der Waals surface area contributed by atoms with E-state index < -0.39 is 0 Å². The molecule has 4 aromatic rings. The van der Waals surface area contributed by atoms with Gasteiger partial charge in [-0.05, 0) is 24.6 Å². The predicted octanol–water partition coefficient (Wildman–Crippen LogP) is 4.33. The fourth-order valence-corrected chi connectivity index (χ4v) is 3.14. The lowest BCUT2D eigenvalue weighted by atomic mass is 10.1. The van der Waals surface area contributed by atoms with Gasteiger partial charge in [-0.3, -0.25) is 0 Å². The van der Waals surface area contributed by atoms with Crippen LogP contribution in [0.3, 0.4) is 0 Å². The van der Waals surface area contributed by atoms with Crippen LogP contribution in [0.5, 0.6) is 0 Å². The monoisotopic (exact) mass is 318 g/mol. The minimum atomic E-state index is 0.777. The Hall–Kier alpha value is -2.79. The van der Waals surface area contributed by atoms with Crippen LogP contribution in [0.2, 0.25) is 0 Å². The first-order valence-corrected chi connectivity index (χ1v) is 8.14. The summed E-state index contributed by atoms with van der Waals surface area (Å²) >= 11 is 1.53. The van der Waals surface area contributed by atoms with Crippen LogP contribution in [0.1, 0.15) is 16.1 Å². The first-order chi connectivity index (χ1) is 11.3. The number of fused-ring (bicyclic) bond motifs is 1. The van der Waals surface area contributed by atoms with Gasteiger partial charge in [-0.2, -0.15) is 9.61 Å². The first-order valence-electron chi connectivity index (χ1n) is 7.32. The number of aromatic nitrogens is 4. The van der Waals surface area contributed by atoms with Gasteiger partial charge in [0.2, 0.25) is 4.96 Å². The van der Waals surface area contributed by atoms with E-state index in [4.69, 9.17) is 0 Å². The minimum Gasteiger partial charge on any atom is -0.182 e. The Morgan fingerprint density at radius 2 is 1.83 bits per heavy atom. The molecule has 2 aromatic heterocycles. The molecule has 0 bridgehead atoms. The van der Waals surface area contributed by atoms with Gasteiger partial charge in [-0.15, -0.1) is 10.2 Å². The quantitative estimate of drug-likeness (QED) is 0.564. The van der Waals surface area contributed by atoms with E-state index in [1.165, 1.54) is 16.9 Å². The van der Waals surface area contributed by atoms with Gasteiger partial charge in [0.1, 0.15) is 5.01 Å². The fourth-order valence-electron chi connectivity index (χ4n) is 2.39. The van der Waals surface area contributed by atoms with Gasteiger partial charge >= 0.3 is 0 Å². The molecule has 0 saturated carbocycles. The Balaban J connectivity index is 1.71. The SMILES string of the molecule is Cc1cccc(-c2nnc3sc(C=Cc4ccccc4)nn23)c1. The number of rotatable bonds is 3. The van der Waals surface area contributed by atoms with Crippen molar-refractivity contribution in [2.45, 2.75) is 6.92 Å². The second-order valence-electron chi connectivity index (χ2n) is 5.27. The highest BCUT2D eigenvalue weighted by Crippen LogP contribution is 2.23. The molecule has 0 aliphatic carbocycles. The number of aryl methyl sites for hydroxylation is 1. The lowest BCUT2D eigenvalue weighted by molar-refractivity contribution is 0.959. The van der Waals surface area contributed by atoms with Crippen molar-refractivity contribution in [3.05, 3.63) is 70.7 Å². The van der Waals surface area contributed by atoms with Gasteiger partial charge in [0.15, 0.2) is 5.82 Å². The van der Waals surface area contributed by atoms with Gasteiger partial charge in [-0.25, -0.2) is 0 Å². The zero-order valence-electron chi connectivity index (χ0n) is 12.5. The van der Waals surface area contributed by atoms with Crippen LogP contribution in [0, 0.1) is 6.92 Å². The van der Waals surface area contributed by atoms with Crippen molar-refractivity contribution in [1.82, 2.24) is 19.8 Å². The largest absolute Gasteiger partial charge is 0.235 e. The molecule has 0 spiro atoms. The van der Waals surface area contributed by atoms with E-state index in [2.05, 4.69) is 52.6 Å². The predicted molar refractivity (Wildman–Crippen MR) is 94.2 cm³/mol. The van der Waals surface area contributed by atoms with Crippen LogP contribution in [0.4, 0.5) is 0 Å². The van der Waals surface area contributed by atoms with E-state index in [0.29, 0.717) is 0 Å².